The molecule has 6 nitrogen and oxygen atoms in total. The third-order valence-electron chi connectivity index (χ3n) is 5.41. The normalized spacial score (nSPS) is 18.2. The first-order valence-electron chi connectivity index (χ1n) is 9.69. The van der Waals surface area contributed by atoms with Crippen LogP contribution in [0.1, 0.15) is 39.9 Å². The van der Waals surface area contributed by atoms with Crippen LogP contribution in [0.4, 0.5) is 0 Å². The Balaban J connectivity index is 1.86. The lowest BCUT2D eigenvalue weighted by molar-refractivity contribution is -0.140. The van der Waals surface area contributed by atoms with E-state index in [0.717, 1.165) is 11.1 Å². The van der Waals surface area contributed by atoms with E-state index in [2.05, 4.69) is 4.98 Å². The highest BCUT2D eigenvalue weighted by Crippen LogP contribution is 2.40. The second kappa shape index (κ2) is 7.63. The number of pyridine rings is 1. The molecule has 0 aliphatic carbocycles. The molecule has 1 aliphatic heterocycles. The van der Waals surface area contributed by atoms with Crippen molar-refractivity contribution >= 4 is 17.4 Å². The van der Waals surface area contributed by atoms with E-state index in [4.69, 9.17) is 4.42 Å². The number of aliphatic hydroxyl groups is 1. The topological polar surface area (TPSA) is 83.6 Å². The summed E-state index contributed by atoms with van der Waals surface area (Å²) >= 11 is 0. The van der Waals surface area contributed by atoms with E-state index in [1.165, 1.54) is 4.90 Å². The quantitative estimate of drug-likeness (QED) is 0.401. The zero-order chi connectivity index (χ0) is 21.4. The number of carbonyl (C=O) groups excluding carboxylic acids is 2. The molecule has 4 rings (SSSR count). The minimum atomic E-state index is -0.831. The van der Waals surface area contributed by atoms with Gasteiger partial charge in [-0.25, -0.2) is 0 Å². The Morgan fingerprint density at radius 2 is 1.87 bits per heavy atom. The number of amides is 1. The molecule has 152 valence electrons. The summed E-state index contributed by atoms with van der Waals surface area (Å²) < 4.78 is 5.78. The van der Waals surface area contributed by atoms with E-state index in [0.29, 0.717) is 22.8 Å². The number of Topliss-reactive ketones (excluding diaryl/α,β-unsaturated/α-hetero) is 1. The zero-order valence-electron chi connectivity index (χ0n) is 17.0. The Morgan fingerprint density at radius 1 is 1.07 bits per heavy atom. The number of hydrogen-bond acceptors (Lipinski definition) is 5. The number of likely N-dealkylation sites (tertiary alicyclic amines) is 1. The molecule has 0 saturated carbocycles. The average Bonchev–Trinajstić information content (AvgIpc) is 3.26. The van der Waals surface area contributed by atoms with Crippen LogP contribution in [-0.2, 0) is 16.1 Å². The third kappa shape index (κ3) is 3.41. The Morgan fingerprint density at radius 3 is 2.50 bits per heavy atom. The van der Waals surface area contributed by atoms with Gasteiger partial charge >= 0.3 is 0 Å². The van der Waals surface area contributed by atoms with Gasteiger partial charge in [0.1, 0.15) is 23.3 Å². The SMILES string of the molecule is Cc1ccc(C2/C(=C(/O)c3ccc(C)c(C)c3)C(=O)C(=O)N2Cc2ccccn2)o1. The minimum Gasteiger partial charge on any atom is -0.507 e. The molecule has 1 fully saturated rings. The molecule has 2 aromatic heterocycles. The van der Waals surface area contributed by atoms with Crippen LogP contribution in [0.2, 0.25) is 0 Å². The summed E-state index contributed by atoms with van der Waals surface area (Å²) in [7, 11) is 0. The molecule has 1 aliphatic rings. The van der Waals surface area contributed by atoms with Gasteiger partial charge < -0.3 is 14.4 Å². The number of aliphatic hydroxyl groups excluding tert-OH is 1. The molecule has 3 aromatic rings. The molecule has 30 heavy (non-hydrogen) atoms. The summed E-state index contributed by atoms with van der Waals surface area (Å²) in [5.74, 6) is -0.558. The Kier molecular flexibility index (Phi) is 4.99. The first-order valence-corrected chi connectivity index (χ1v) is 9.69. The maximum Gasteiger partial charge on any atom is 0.296 e. The molecule has 1 saturated heterocycles. The number of nitrogens with zero attached hydrogens (tertiary/aromatic N) is 2. The Hall–Kier alpha value is -3.67. The van der Waals surface area contributed by atoms with Crippen LogP contribution in [0.5, 0.6) is 0 Å². The van der Waals surface area contributed by atoms with Crippen molar-refractivity contribution in [3.8, 4) is 0 Å². The van der Waals surface area contributed by atoms with E-state index >= 15 is 0 Å². The number of carbonyl (C=O) groups is 2. The van der Waals surface area contributed by atoms with Crippen molar-refractivity contribution in [2.45, 2.75) is 33.4 Å². The van der Waals surface area contributed by atoms with Crippen LogP contribution in [0.15, 0.2) is 64.7 Å². The molecular weight excluding hydrogens is 380 g/mol. The molecule has 1 atom stereocenters. The van der Waals surface area contributed by atoms with Crippen LogP contribution in [0, 0.1) is 20.8 Å². The second-order valence-electron chi connectivity index (χ2n) is 7.50. The van der Waals surface area contributed by atoms with Crippen LogP contribution in [0.25, 0.3) is 5.76 Å². The molecule has 1 unspecified atom stereocenters. The van der Waals surface area contributed by atoms with Gasteiger partial charge in [0.15, 0.2) is 0 Å². The van der Waals surface area contributed by atoms with E-state index in [-0.39, 0.29) is 17.9 Å². The molecule has 0 spiro atoms. The number of rotatable bonds is 4. The first-order chi connectivity index (χ1) is 14.4. The maximum absolute atomic E-state index is 13.0. The van der Waals surface area contributed by atoms with E-state index in [1.807, 2.05) is 26.0 Å². The fraction of sp³-hybridized carbons (Fsp3) is 0.208. The summed E-state index contributed by atoms with van der Waals surface area (Å²) in [5, 5.41) is 11.1. The first kappa shape index (κ1) is 19.6. The number of furan rings is 1. The average molecular weight is 402 g/mol. The Labute approximate surface area is 174 Å². The molecule has 6 heteroatoms. The number of benzene rings is 1. The van der Waals surface area contributed by atoms with E-state index in [9.17, 15) is 14.7 Å². The monoisotopic (exact) mass is 402 g/mol. The number of ketones is 1. The van der Waals surface area contributed by atoms with Crippen LogP contribution in [0.3, 0.4) is 0 Å². The van der Waals surface area contributed by atoms with Gasteiger partial charge in [0, 0.05) is 11.8 Å². The molecule has 3 heterocycles. The molecular formula is C24H22N2O4. The second-order valence-corrected chi connectivity index (χ2v) is 7.50. The summed E-state index contributed by atoms with van der Waals surface area (Å²) in [6.45, 7) is 5.81. The highest BCUT2D eigenvalue weighted by Gasteiger charge is 2.47. The van der Waals surface area contributed by atoms with Gasteiger partial charge in [-0.05, 0) is 62.2 Å². The van der Waals surface area contributed by atoms with Crippen LogP contribution < -0.4 is 0 Å². The summed E-state index contributed by atoms with van der Waals surface area (Å²) in [5.41, 5.74) is 3.20. The smallest absolute Gasteiger partial charge is 0.296 e. The minimum absolute atomic E-state index is 0.0218. The third-order valence-corrected chi connectivity index (χ3v) is 5.41. The van der Waals surface area contributed by atoms with Crippen molar-refractivity contribution in [3.05, 3.63) is 94.2 Å². The largest absolute Gasteiger partial charge is 0.507 e. The van der Waals surface area contributed by atoms with Gasteiger partial charge in [0.25, 0.3) is 11.7 Å². The van der Waals surface area contributed by atoms with Gasteiger partial charge in [-0.15, -0.1) is 0 Å². The van der Waals surface area contributed by atoms with E-state index in [1.54, 1.807) is 49.5 Å². The zero-order valence-corrected chi connectivity index (χ0v) is 17.0. The molecule has 1 aromatic carbocycles. The summed E-state index contributed by atoms with van der Waals surface area (Å²) in [6.07, 6.45) is 1.63. The summed E-state index contributed by atoms with van der Waals surface area (Å²) in [6, 6.07) is 13.5. The van der Waals surface area contributed by atoms with Gasteiger partial charge in [-0.3, -0.25) is 14.6 Å². The van der Waals surface area contributed by atoms with Crippen molar-refractivity contribution in [1.29, 1.82) is 0 Å². The van der Waals surface area contributed by atoms with Crippen molar-refractivity contribution in [3.63, 3.8) is 0 Å². The number of aryl methyl sites for hydroxylation is 3. The van der Waals surface area contributed by atoms with Crippen molar-refractivity contribution in [2.75, 3.05) is 0 Å². The Bertz CT molecular complexity index is 1160. The molecule has 0 bridgehead atoms. The lowest BCUT2D eigenvalue weighted by atomic mass is 9.97. The molecule has 1 amide bonds. The van der Waals surface area contributed by atoms with Crippen molar-refractivity contribution in [1.82, 2.24) is 9.88 Å². The molecule has 1 N–H and O–H groups in total. The summed E-state index contributed by atoms with van der Waals surface area (Å²) in [4.78, 5) is 31.6. The van der Waals surface area contributed by atoms with Gasteiger partial charge in [-0.2, -0.15) is 0 Å². The van der Waals surface area contributed by atoms with Crippen LogP contribution in [-0.4, -0.2) is 26.7 Å². The van der Waals surface area contributed by atoms with Gasteiger partial charge in [0.05, 0.1) is 17.8 Å². The van der Waals surface area contributed by atoms with Crippen LogP contribution >= 0.6 is 0 Å². The van der Waals surface area contributed by atoms with Gasteiger partial charge in [0.2, 0.25) is 0 Å². The predicted octanol–water partition coefficient (Wildman–Crippen LogP) is 4.22. The lowest BCUT2D eigenvalue weighted by Crippen LogP contribution is -2.29. The fourth-order valence-electron chi connectivity index (χ4n) is 3.65. The van der Waals surface area contributed by atoms with Crippen molar-refractivity contribution in [2.24, 2.45) is 0 Å². The van der Waals surface area contributed by atoms with Crippen molar-refractivity contribution < 1.29 is 19.1 Å². The highest BCUT2D eigenvalue weighted by molar-refractivity contribution is 6.46. The van der Waals surface area contributed by atoms with Gasteiger partial charge in [-0.1, -0.05) is 18.2 Å². The lowest BCUT2D eigenvalue weighted by Gasteiger charge is -2.23. The standard InChI is InChI=1S/C24H22N2O4/c1-14-7-9-17(12-15(14)2)22(27)20-21(19-10-8-16(3)30-19)26(24(29)23(20)28)13-18-6-4-5-11-25-18/h4-12,21,27H,13H2,1-3H3/b22-20-. The fourth-order valence-corrected chi connectivity index (χ4v) is 3.65. The maximum atomic E-state index is 13.0. The number of hydrogen-bond donors (Lipinski definition) is 1. The van der Waals surface area contributed by atoms with E-state index < -0.39 is 17.7 Å². The predicted molar refractivity (Wildman–Crippen MR) is 111 cm³/mol. The number of aromatic nitrogens is 1. The highest BCUT2D eigenvalue weighted by atomic mass is 16.3. The molecule has 0 radical (unpaired) electrons.